The molecular weight excluding hydrogens is 241 g/mol. The van der Waals surface area contributed by atoms with Crippen LogP contribution in [0.15, 0.2) is 18.2 Å². The zero-order valence-corrected chi connectivity index (χ0v) is 10.9. The molecule has 2 atom stereocenters. The lowest BCUT2D eigenvalue weighted by Gasteiger charge is -2.20. The van der Waals surface area contributed by atoms with E-state index >= 15 is 0 Å². The van der Waals surface area contributed by atoms with Crippen LogP contribution in [0.1, 0.15) is 38.3 Å². The number of rotatable bonds is 5. The quantitative estimate of drug-likeness (QED) is 0.853. The number of halogens is 2. The van der Waals surface area contributed by atoms with Crippen molar-refractivity contribution in [3.05, 3.63) is 34.6 Å². The van der Waals surface area contributed by atoms with E-state index in [0.717, 1.165) is 6.42 Å². The Bertz CT molecular complexity index is 370. The SMILES string of the molecule is CC(C)CC[C@@H](O)[C@@H](N)c1ccc(Cl)c(F)c1. The van der Waals surface area contributed by atoms with E-state index in [2.05, 4.69) is 13.8 Å². The maximum atomic E-state index is 13.2. The number of nitrogens with two attached hydrogens (primary N) is 1. The molecule has 0 aliphatic carbocycles. The van der Waals surface area contributed by atoms with Gasteiger partial charge in [-0.25, -0.2) is 4.39 Å². The Kier molecular flexibility index (Phi) is 5.37. The fraction of sp³-hybridized carbons (Fsp3) is 0.538. The van der Waals surface area contributed by atoms with Crippen LogP contribution in [0, 0.1) is 11.7 Å². The van der Waals surface area contributed by atoms with Crippen molar-refractivity contribution in [1.82, 2.24) is 0 Å². The zero-order chi connectivity index (χ0) is 13.0. The van der Waals surface area contributed by atoms with E-state index in [4.69, 9.17) is 17.3 Å². The predicted molar refractivity (Wildman–Crippen MR) is 68.4 cm³/mol. The molecule has 4 heteroatoms. The molecule has 17 heavy (non-hydrogen) atoms. The lowest BCUT2D eigenvalue weighted by atomic mass is 9.96. The van der Waals surface area contributed by atoms with Gasteiger partial charge in [0.15, 0.2) is 0 Å². The Labute approximate surface area is 107 Å². The summed E-state index contributed by atoms with van der Waals surface area (Å²) in [6.07, 6.45) is 0.853. The first-order valence-corrected chi connectivity index (χ1v) is 6.18. The molecule has 0 aliphatic heterocycles. The van der Waals surface area contributed by atoms with E-state index in [1.54, 1.807) is 6.07 Å². The second kappa shape index (κ2) is 6.34. The normalized spacial score (nSPS) is 15.0. The molecule has 0 aromatic heterocycles. The first kappa shape index (κ1) is 14.4. The molecule has 0 saturated carbocycles. The van der Waals surface area contributed by atoms with E-state index in [-0.39, 0.29) is 5.02 Å². The van der Waals surface area contributed by atoms with Crippen LogP contribution in [0.4, 0.5) is 4.39 Å². The third-order valence-corrected chi connectivity index (χ3v) is 3.09. The standard InChI is InChI=1S/C13H19ClFNO/c1-8(2)3-6-12(17)13(16)9-4-5-10(14)11(15)7-9/h4-5,7-8,12-13,17H,3,6,16H2,1-2H3/t12-,13+/m1/s1. The van der Waals surface area contributed by atoms with Crippen molar-refractivity contribution < 1.29 is 9.50 Å². The number of hydrogen-bond donors (Lipinski definition) is 2. The zero-order valence-electron chi connectivity index (χ0n) is 10.2. The second-order valence-electron chi connectivity index (χ2n) is 4.74. The molecule has 1 rings (SSSR count). The van der Waals surface area contributed by atoms with Crippen molar-refractivity contribution in [2.24, 2.45) is 11.7 Å². The van der Waals surface area contributed by atoms with E-state index in [1.165, 1.54) is 12.1 Å². The molecule has 2 nitrogen and oxygen atoms in total. The summed E-state index contributed by atoms with van der Waals surface area (Å²) in [6, 6.07) is 3.82. The molecule has 0 bridgehead atoms. The highest BCUT2D eigenvalue weighted by Gasteiger charge is 2.18. The highest BCUT2D eigenvalue weighted by atomic mass is 35.5. The van der Waals surface area contributed by atoms with Crippen LogP contribution in [0.2, 0.25) is 5.02 Å². The van der Waals surface area contributed by atoms with E-state index in [1.807, 2.05) is 0 Å². The molecule has 1 aromatic rings. The average molecular weight is 260 g/mol. The fourth-order valence-electron chi connectivity index (χ4n) is 1.63. The van der Waals surface area contributed by atoms with E-state index < -0.39 is 18.0 Å². The summed E-state index contributed by atoms with van der Waals surface area (Å²) in [5, 5.41) is 9.97. The number of benzene rings is 1. The summed E-state index contributed by atoms with van der Waals surface area (Å²) in [4.78, 5) is 0. The molecule has 0 amide bonds. The Morgan fingerprint density at radius 3 is 2.53 bits per heavy atom. The first-order chi connectivity index (χ1) is 7.91. The molecule has 0 fully saturated rings. The van der Waals surface area contributed by atoms with Crippen LogP contribution in [0.5, 0.6) is 0 Å². The van der Waals surface area contributed by atoms with Crippen molar-refractivity contribution in [2.75, 3.05) is 0 Å². The molecular formula is C13H19ClFNO. The number of aliphatic hydroxyl groups is 1. The second-order valence-corrected chi connectivity index (χ2v) is 5.15. The summed E-state index contributed by atoms with van der Waals surface area (Å²) in [5.74, 6) is 0.00878. The summed E-state index contributed by atoms with van der Waals surface area (Å²) >= 11 is 5.59. The summed E-state index contributed by atoms with van der Waals surface area (Å²) in [5.41, 5.74) is 6.46. The Morgan fingerprint density at radius 1 is 1.35 bits per heavy atom. The minimum atomic E-state index is -0.655. The molecule has 0 saturated heterocycles. The van der Waals surface area contributed by atoms with Crippen LogP contribution in [-0.4, -0.2) is 11.2 Å². The molecule has 0 heterocycles. The predicted octanol–water partition coefficient (Wildman–Crippen LogP) is 3.28. The Hall–Kier alpha value is -0.640. The number of aliphatic hydroxyl groups excluding tert-OH is 1. The van der Waals surface area contributed by atoms with Crippen molar-refractivity contribution in [1.29, 1.82) is 0 Å². The van der Waals surface area contributed by atoms with Gasteiger partial charge in [-0.05, 0) is 36.5 Å². The molecule has 1 aromatic carbocycles. The van der Waals surface area contributed by atoms with Gasteiger partial charge in [0, 0.05) is 0 Å². The van der Waals surface area contributed by atoms with Gasteiger partial charge in [-0.15, -0.1) is 0 Å². The van der Waals surface area contributed by atoms with Gasteiger partial charge in [0.2, 0.25) is 0 Å². The molecule has 0 radical (unpaired) electrons. The van der Waals surface area contributed by atoms with Gasteiger partial charge < -0.3 is 10.8 Å². The van der Waals surface area contributed by atoms with Gasteiger partial charge in [-0.2, -0.15) is 0 Å². The van der Waals surface area contributed by atoms with Crippen molar-refractivity contribution >= 4 is 11.6 Å². The topological polar surface area (TPSA) is 46.2 Å². The van der Waals surface area contributed by atoms with Gasteiger partial charge in [-0.1, -0.05) is 31.5 Å². The van der Waals surface area contributed by atoms with E-state index in [9.17, 15) is 9.50 Å². The van der Waals surface area contributed by atoms with Crippen molar-refractivity contribution in [3.63, 3.8) is 0 Å². The summed E-state index contributed by atoms with van der Waals surface area (Å²) < 4.78 is 13.2. The lowest BCUT2D eigenvalue weighted by molar-refractivity contribution is 0.128. The minimum Gasteiger partial charge on any atom is -0.391 e. The van der Waals surface area contributed by atoms with Gasteiger partial charge in [0.25, 0.3) is 0 Å². The van der Waals surface area contributed by atoms with E-state index in [0.29, 0.717) is 17.9 Å². The van der Waals surface area contributed by atoms with Crippen LogP contribution < -0.4 is 5.73 Å². The van der Waals surface area contributed by atoms with Crippen LogP contribution in [0.3, 0.4) is 0 Å². The van der Waals surface area contributed by atoms with Gasteiger partial charge >= 0.3 is 0 Å². The smallest absolute Gasteiger partial charge is 0.142 e. The maximum Gasteiger partial charge on any atom is 0.142 e. The summed E-state index contributed by atoms with van der Waals surface area (Å²) in [6.45, 7) is 4.17. The molecule has 96 valence electrons. The molecule has 0 unspecified atom stereocenters. The minimum absolute atomic E-state index is 0.0672. The average Bonchev–Trinajstić information content (AvgIpc) is 2.28. The van der Waals surface area contributed by atoms with Gasteiger partial charge in [0.1, 0.15) is 5.82 Å². The fourth-order valence-corrected chi connectivity index (χ4v) is 1.74. The Balaban J connectivity index is 2.67. The molecule has 3 N–H and O–H groups in total. The number of hydrogen-bond acceptors (Lipinski definition) is 2. The van der Waals surface area contributed by atoms with Crippen LogP contribution in [0.25, 0.3) is 0 Å². The monoisotopic (exact) mass is 259 g/mol. The molecule has 0 spiro atoms. The largest absolute Gasteiger partial charge is 0.391 e. The highest BCUT2D eigenvalue weighted by Crippen LogP contribution is 2.23. The van der Waals surface area contributed by atoms with Crippen molar-refractivity contribution in [2.45, 2.75) is 38.8 Å². The van der Waals surface area contributed by atoms with Gasteiger partial charge in [-0.3, -0.25) is 0 Å². The van der Waals surface area contributed by atoms with Crippen LogP contribution in [-0.2, 0) is 0 Å². The lowest BCUT2D eigenvalue weighted by Crippen LogP contribution is -2.26. The highest BCUT2D eigenvalue weighted by molar-refractivity contribution is 6.30. The maximum absolute atomic E-state index is 13.2. The van der Waals surface area contributed by atoms with Crippen molar-refractivity contribution in [3.8, 4) is 0 Å². The summed E-state index contributed by atoms with van der Waals surface area (Å²) in [7, 11) is 0. The van der Waals surface area contributed by atoms with Crippen LogP contribution >= 0.6 is 11.6 Å². The third-order valence-electron chi connectivity index (χ3n) is 2.78. The van der Waals surface area contributed by atoms with Gasteiger partial charge in [0.05, 0.1) is 17.2 Å². The molecule has 0 aliphatic rings. The first-order valence-electron chi connectivity index (χ1n) is 5.80. The third kappa shape index (κ3) is 4.26. The Morgan fingerprint density at radius 2 is 2.00 bits per heavy atom.